The van der Waals surface area contributed by atoms with E-state index in [9.17, 15) is 0 Å². The van der Waals surface area contributed by atoms with Gasteiger partial charge in [-0.3, -0.25) is 0 Å². The van der Waals surface area contributed by atoms with E-state index in [0.29, 0.717) is 0 Å². The van der Waals surface area contributed by atoms with Gasteiger partial charge in [0.2, 0.25) is 6.71 Å². The number of allylic oxidation sites excluding steroid dienone is 6. The molecular formula is C42H33BN2. The summed E-state index contributed by atoms with van der Waals surface area (Å²) in [6, 6.07) is 45.0. The highest BCUT2D eigenvalue weighted by Crippen LogP contribution is 2.48. The van der Waals surface area contributed by atoms with Gasteiger partial charge in [-0.25, -0.2) is 0 Å². The summed E-state index contributed by atoms with van der Waals surface area (Å²) in [5.41, 5.74) is 15.6. The molecule has 3 heteroatoms. The van der Waals surface area contributed by atoms with Crippen molar-refractivity contribution in [1.82, 2.24) is 0 Å². The van der Waals surface area contributed by atoms with E-state index in [1.54, 1.807) is 0 Å². The first-order valence-corrected chi connectivity index (χ1v) is 16.2. The summed E-state index contributed by atoms with van der Waals surface area (Å²) in [5, 5.41) is 0. The zero-order valence-corrected chi connectivity index (χ0v) is 25.2. The number of anilines is 5. The number of hydrogen-bond donors (Lipinski definition) is 0. The van der Waals surface area contributed by atoms with Gasteiger partial charge in [-0.15, -0.1) is 0 Å². The van der Waals surface area contributed by atoms with Gasteiger partial charge in [-0.05, 0) is 71.7 Å². The molecule has 45 heavy (non-hydrogen) atoms. The van der Waals surface area contributed by atoms with E-state index in [-0.39, 0.29) is 12.8 Å². The molecule has 214 valence electrons. The van der Waals surface area contributed by atoms with Gasteiger partial charge in [0, 0.05) is 33.9 Å². The fourth-order valence-corrected chi connectivity index (χ4v) is 7.98. The molecule has 4 aliphatic rings. The molecule has 0 fully saturated rings. The minimum absolute atomic E-state index is 0.194. The predicted octanol–water partition coefficient (Wildman–Crippen LogP) is 9.42. The van der Waals surface area contributed by atoms with E-state index in [1.165, 1.54) is 67.1 Å². The van der Waals surface area contributed by atoms with Gasteiger partial charge in [0.15, 0.2) is 0 Å². The molecule has 2 heterocycles. The van der Waals surface area contributed by atoms with Crippen LogP contribution in [0.2, 0.25) is 0 Å². The van der Waals surface area contributed by atoms with E-state index in [0.717, 1.165) is 19.3 Å². The van der Waals surface area contributed by atoms with Crippen molar-refractivity contribution in [3.63, 3.8) is 0 Å². The maximum atomic E-state index is 2.64. The topological polar surface area (TPSA) is 6.48 Å². The lowest BCUT2D eigenvalue weighted by Crippen LogP contribution is -2.60. The highest BCUT2D eigenvalue weighted by atomic mass is 15.2. The lowest BCUT2D eigenvalue weighted by Gasteiger charge is -2.49. The molecule has 0 N–H and O–H groups in total. The van der Waals surface area contributed by atoms with Gasteiger partial charge in [-0.2, -0.15) is 0 Å². The highest BCUT2D eigenvalue weighted by Gasteiger charge is 2.46. The lowest BCUT2D eigenvalue weighted by molar-refractivity contribution is 0.765. The van der Waals surface area contributed by atoms with Crippen LogP contribution in [0.4, 0.5) is 28.4 Å². The number of benzene rings is 5. The number of hydrogen-bond acceptors (Lipinski definition) is 2. The third-order valence-corrected chi connectivity index (χ3v) is 9.85. The molecule has 1 unspecified atom stereocenters. The van der Waals surface area contributed by atoms with Crippen LogP contribution in [0.5, 0.6) is 0 Å². The van der Waals surface area contributed by atoms with Gasteiger partial charge >= 0.3 is 0 Å². The molecule has 0 radical (unpaired) electrons. The Morgan fingerprint density at radius 3 is 2.13 bits per heavy atom. The van der Waals surface area contributed by atoms with Crippen LogP contribution in [0.1, 0.15) is 24.8 Å². The van der Waals surface area contributed by atoms with Crippen molar-refractivity contribution < 1.29 is 0 Å². The number of nitrogens with zero attached hydrogens (tertiary/aromatic N) is 2. The van der Waals surface area contributed by atoms with E-state index in [4.69, 9.17) is 0 Å². The summed E-state index contributed by atoms with van der Waals surface area (Å²) in [5.74, 6) is 0. The molecule has 5 aromatic rings. The third-order valence-electron chi connectivity index (χ3n) is 9.85. The van der Waals surface area contributed by atoms with Crippen LogP contribution in [0.15, 0.2) is 163 Å². The van der Waals surface area contributed by atoms with Crippen LogP contribution in [0.25, 0.3) is 16.7 Å². The fourth-order valence-electron chi connectivity index (χ4n) is 7.98. The van der Waals surface area contributed by atoms with Gasteiger partial charge in [0.05, 0.1) is 11.7 Å². The van der Waals surface area contributed by atoms with Crippen LogP contribution in [-0.2, 0) is 0 Å². The molecule has 2 aliphatic carbocycles. The molecular weight excluding hydrogens is 543 g/mol. The van der Waals surface area contributed by atoms with Crippen molar-refractivity contribution in [3.8, 4) is 11.1 Å². The summed E-state index contributed by atoms with van der Waals surface area (Å²) in [4.78, 5) is 5.17. The largest absolute Gasteiger partial charge is 0.335 e. The molecule has 1 atom stereocenters. The number of para-hydroxylation sites is 3. The van der Waals surface area contributed by atoms with Crippen molar-refractivity contribution in [2.75, 3.05) is 9.80 Å². The second kappa shape index (κ2) is 10.7. The summed E-state index contributed by atoms with van der Waals surface area (Å²) < 4.78 is 0. The van der Waals surface area contributed by atoms with Crippen LogP contribution in [0.3, 0.4) is 0 Å². The first-order valence-electron chi connectivity index (χ1n) is 16.2. The second-order valence-corrected chi connectivity index (χ2v) is 12.3. The van der Waals surface area contributed by atoms with Gasteiger partial charge in [-0.1, -0.05) is 133 Å². The molecule has 0 bridgehead atoms. The van der Waals surface area contributed by atoms with E-state index < -0.39 is 0 Å². The zero-order valence-electron chi connectivity index (χ0n) is 25.2. The molecule has 0 spiro atoms. The van der Waals surface area contributed by atoms with Crippen LogP contribution in [0, 0.1) is 0 Å². The van der Waals surface area contributed by atoms with Crippen LogP contribution >= 0.6 is 0 Å². The van der Waals surface area contributed by atoms with Crippen LogP contribution < -0.4 is 20.7 Å². The molecule has 5 aromatic carbocycles. The Hall–Kier alpha value is -5.28. The molecule has 0 amide bonds. The summed E-state index contributed by atoms with van der Waals surface area (Å²) in [6.45, 7) is 0.194. The lowest BCUT2D eigenvalue weighted by atomic mass is 9.31. The smallest absolute Gasteiger partial charge is 0.247 e. The minimum atomic E-state index is 0.194. The van der Waals surface area contributed by atoms with Crippen LogP contribution in [-0.4, -0.2) is 12.8 Å². The van der Waals surface area contributed by atoms with E-state index >= 15 is 0 Å². The van der Waals surface area contributed by atoms with Gasteiger partial charge in [0.25, 0.3) is 0 Å². The average Bonchev–Trinajstić information content (AvgIpc) is 3.12. The summed E-state index contributed by atoms with van der Waals surface area (Å²) in [7, 11) is 0. The van der Waals surface area contributed by atoms with Crippen molar-refractivity contribution in [3.05, 3.63) is 169 Å². The normalized spacial score (nSPS) is 17.7. The maximum absolute atomic E-state index is 2.64. The van der Waals surface area contributed by atoms with Gasteiger partial charge in [0.1, 0.15) is 0 Å². The molecule has 2 aliphatic heterocycles. The monoisotopic (exact) mass is 576 g/mol. The summed E-state index contributed by atoms with van der Waals surface area (Å²) in [6.07, 6.45) is 17.2. The Bertz CT molecular complexity index is 2070. The van der Waals surface area contributed by atoms with Gasteiger partial charge < -0.3 is 9.80 Å². The van der Waals surface area contributed by atoms with Crippen molar-refractivity contribution in [2.45, 2.75) is 25.3 Å². The molecule has 0 aromatic heterocycles. The molecule has 9 rings (SSSR count). The number of fused-ring (bicyclic) bond motifs is 4. The maximum Gasteiger partial charge on any atom is 0.247 e. The standard InChI is InChI=1S/C42H33BN2/c1-3-16-30(17-4-1)32-20-7-11-24-36(32)44-38-26-13-9-22-34(38)43-35-23-10-14-27-39(35)45(41-29-15-28-40(44)42(41)43)37-25-12-8-21-33(37)31-18-5-2-6-19-31/h1,3-5,7-25,27-29,38H,2,6,26H2. The minimum Gasteiger partial charge on any atom is -0.335 e. The molecule has 0 saturated carbocycles. The SMILES string of the molecule is C1=CCC2C(=C1)B1c3ccccc3N(c3ccccc3C3=CCCC=C3)c3cccc(c31)N2c1ccccc1-c1ccccc1. The van der Waals surface area contributed by atoms with Crippen molar-refractivity contribution >= 4 is 51.6 Å². The first kappa shape index (κ1) is 26.2. The zero-order chi connectivity index (χ0) is 29.7. The van der Waals surface area contributed by atoms with Crippen molar-refractivity contribution in [2.24, 2.45) is 0 Å². The summed E-state index contributed by atoms with van der Waals surface area (Å²) >= 11 is 0. The molecule has 2 nitrogen and oxygen atoms in total. The first-order chi connectivity index (χ1) is 22.4. The fraction of sp³-hybridized carbons (Fsp3) is 0.0952. The highest BCUT2D eigenvalue weighted by molar-refractivity contribution is 6.95. The Labute approximate surface area is 266 Å². The Balaban J connectivity index is 1.32. The Kier molecular flexibility index (Phi) is 6.23. The van der Waals surface area contributed by atoms with Crippen molar-refractivity contribution in [1.29, 1.82) is 0 Å². The Morgan fingerprint density at radius 1 is 0.578 bits per heavy atom. The average molecular weight is 577 g/mol. The quantitative estimate of drug-likeness (QED) is 0.197. The molecule has 0 saturated heterocycles. The Morgan fingerprint density at radius 2 is 1.29 bits per heavy atom. The predicted molar refractivity (Wildman–Crippen MR) is 192 cm³/mol. The second-order valence-electron chi connectivity index (χ2n) is 12.3. The van der Waals surface area contributed by atoms with E-state index in [1.807, 2.05) is 0 Å². The number of rotatable bonds is 4. The van der Waals surface area contributed by atoms with E-state index in [2.05, 4.69) is 168 Å². The third kappa shape index (κ3) is 4.11.